The van der Waals surface area contributed by atoms with Gasteiger partial charge in [0.05, 0.1) is 13.2 Å². The average Bonchev–Trinajstić information content (AvgIpc) is 2.75. The van der Waals surface area contributed by atoms with Gasteiger partial charge < -0.3 is 15.4 Å². The lowest BCUT2D eigenvalue weighted by Crippen LogP contribution is -2.36. The first-order chi connectivity index (χ1) is 14.0. The number of hydrogen-bond donors (Lipinski definition) is 1. The Kier molecular flexibility index (Phi) is 5.32. The van der Waals surface area contributed by atoms with Crippen molar-refractivity contribution < 1.29 is 13.9 Å². The van der Waals surface area contributed by atoms with Crippen LogP contribution in [0.15, 0.2) is 60.7 Å². The molecule has 1 saturated heterocycles. The molecule has 0 radical (unpaired) electrons. The Bertz CT molecular complexity index is 1020. The lowest BCUT2D eigenvalue weighted by molar-refractivity contribution is 0.100. The smallest absolute Gasteiger partial charge is 0.249 e. The number of aryl methyl sites for hydroxylation is 1. The number of anilines is 1. The van der Waals surface area contributed by atoms with Crippen LogP contribution in [-0.4, -0.2) is 32.2 Å². The Morgan fingerprint density at radius 1 is 0.897 bits per heavy atom. The molecule has 1 aliphatic heterocycles. The number of benzene rings is 3. The molecule has 0 aliphatic carbocycles. The fraction of sp³-hybridized carbons (Fsp3) is 0.208. The first-order valence-corrected chi connectivity index (χ1v) is 9.67. The highest BCUT2D eigenvalue weighted by Crippen LogP contribution is 2.38. The Hall–Kier alpha value is -3.18. The molecule has 4 rings (SSSR count). The van der Waals surface area contributed by atoms with Crippen molar-refractivity contribution in [1.82, 2.24) is 0 Å². The molecule has 3 aromatic rings. The molecule has 29 heavy (non-hydrogen) atoms. The van der Waals surface area contributed by atoms with Crippen LogP contribution in [0.25, 0.3) is 22.3 Å². The molecule has 1 fully saturated rings. The summed E-state index contributed by atoms with van der Waals surface area (Å²) in [6, 6.07) is 18.1. The fourth-order valence-corrected chi connectivity index (χ4v) is 3.86. The highest BCUT2D eigenvalue weighted by molar-refractivity contribution is 6.04. The number of nitrogens with two attached hydrogens (primary N) is 1. The van der Waals surface area contributed by atoms with Gasteiger partial charge >= 0.3 is 0 Å². The van der Waals surface area contributed by atoms with E-state index in [1.165, 1.54) is 12.1 Å². The van der Waals surface area contributed by atoms with E-state index in [4.69, 9.17) is 10.5 Å². The third-order valence-electron chi connectivity index (χ3n) is 5.34. The number of hydrogen-bond acceptors (Lipinski definition) is 3. The summed E-state index contributed by atoms with van der Waals surface area (Å²) < 4.78 is 18.9. The Labute approximate surface area is 169 Å². The summed E-state index contributed by atoms with van der Waals surface area (Å²) in [5.41, 5.74) is 11.7. The number of halogens is 1. The monoisotopic (exact) mass is 390 g/mol. The molecule has 0 aromatic heterocycles. The number of carbonyl (C=O) groups excluding carboxylic acids is 1. The minimum absolute atomic E-state index is 0.297. The van der Waals surface area contributed by atoms with Gasteiger partial charge in [0, 0.05) is 29.9 Å². The van der Waals surface area contributed by atoms with Gasteiger partial charge in [0.2, 0.25) is 5.91 Å². The topological polar surface area (TPSA) is 55.6 Å². The van der Waals surface area contributed by atoms with Crippen LogP contribution in [0.5, 0.6) is 0 Å². The molecule has 5 heteroatoms. The van der Waals surface area contributed by atoms with Crippen molar-refractivity contribution in [3.63, 3.8) is 0 Å². The van der Waals surface area contributed by atoms with E-state index < -0.39 is 5.91 Å². The summed E-state index contributed by atoms with van der Waals surface area (Å²) in [6.45, 7) is 5.14. The molecule has 0 spiro atoms. The van der Waals surface area contributed by atoms with Crippen molar-refractivity contribution in [2.24, 2.45) is 5.73 Å². The van der Waals surface area contributed by atoms with Crippen LogP contribution in [0, 0.1) is 12.7 Å². The molecule has 2 N–H and O–H groups in total. The Balaban J connectivity index is 1.84. The maximum Gasteiger partial charge on any atom is 0.249 e. The zero-order chi connectivity index (χ0) is 20.4. The maximum atomic E-state index is 13.5. The minimum Gasteiger partial charge on any atom is -0.378 e. The van der Waals surface area contributed by atoms with Crippen LogP contribution in [-0.2, 0) is 4.74 Å². The molecule has 0 atom stereocenters. The molecule has 0 unspecified atom stereocenters. The largest absolute Gasteiger partial charge is 0.378 e. The summed E-state index contributed by atoms with van der Waals surface area (Å²) in [4.78, 5) is 14.5. The highest BCUT2D eigenvalue weighted by Gasteiger charge is 2.19. The van der Waals surface area contributed by atoms with Crippen LogP contribution < -0.4 is 10.6 Å². The van der Waals surface area contributed by atoms with Crippen molar-refractivity contribution in [1.29, 1.82) is 0 Å². The van der Waals surface area contributed by atoms with Crippen LogP contribution in [0.2, 0.25) is 0 Å². The average molecular weight is 390 g/mol. The highest BCUT2D eigenvalue weighted by atomic mass is 19.1. The number of primary amides is 1. The van der Waals surface area contributed by atoms with E-state index in [9.17, 15) is 9.18 Å². The second kappa shape index (κ2) is 8.05. The zero-order valence-corrected chi connectivity index (χ0v) is 16.3. The maximum absolute atomic E-state index is 13.5. The van der Waals surface area contributed by atoms with E-state index >= 15 is 0 Å². The number of rotatable bonds is 4. The molecule has 0 bridgehead atoms. The van der Waals surface area contributed by atoms with Crippen LogP contribution in [0.1, 0.15) is 15.9 Å². The second-order valence-corrected chi connectivity index (χ2v) is 7.20. The van der Waals surface area contributed by atoms with Gasteiger partial charge in [-0.1, -0.05) is 30.3 Å². The summed E-state index contributed by atoms with van der Waals surface area (Å²) in [5, 5.41) is 0. The van der Waals surface area contributed by atoms with E-state index in [2.05, 4.69) is 17.0 Å². The van der Waals surface area contributed by atoms with E-state index in [0.717, 1.165) is 59.8 Å². The number of amides is 1. The number of morpholine rings is 1. The number of ether oxygens (including phenoxy) is 1. The molecular weight excluding hydrogens is 367 g/mol. The van der Waals surface area contributed by atoms with Crippen molar-refractivity contribution >= 4 is 11.6 Å². The van der Waals surface area contributed by atoms with Gasteiger partial charge in [0.25, 0.3) is 0 Å². The van der Waals surface area contributed by atoms with Gasteiger partial charge in [-0.05, 0) is 59.5 Å². The van der Waals surface area contributed by atoms with Gasteiger partial charge in [0.1, 0.15) is 5.82 Å². The van der Waals surface area contributed by atoms with E-state index in [0.29, 0.717) is 5.56 Å². The van der Waals surface area contributed by atoms with Crippen LogP contribution in [0.4, 0.5) is 10.1 Å². The van der Waals surface area contributed by atoms with Crippen LogP contribution in [0.3, 0.4) is 0 Å². The van der Waals surface area contributed by atoms with Gasteiger partial charge in [0.15, 0.2) is 0 Å². The molecule has 1 amide bonds. The molecule has 148 valence electrons. The quantitative estimate of drug-likeness (QED) is 0.718. The third-order valence-corrected chi connectivity index (χ3v) is 5.34. The number of carbonyl (C=O) groups is 1. The molecule has 1 aliphatic rings. The van der Waals surface area contributed by atoms with E-state index in [-0.39, 0.29) is 5.82 Å². The molecule has 0 saturated carbocycles. The lowest BCUT2D eigenvalue weighted by Gasteiger charge is -2.29. The first-order valence-electron chi connectivity index (χ1n) is 9.67. The molecule has 1 heterocycles. The lowest BCUT2D eigenvalue weighted by atomic mass is 9.87. The predicted molar refractivity (Wildman–Crippen MR) is 114 cm³/mol. The SMILES string of the molecule is Cc1ccc(C(N)=O)c(-c2ccc(N3CCOCC3)cc2)c1-c1ccc(F)cc1. The molecule has 4 nitrogen and oxygen atoms in total. The van der Waals surface area contributed by atoms with Crippen molar-refractivity contribution in [3.05, 3.63) is 77.6 Å². The summed E-state index contributed by atoms with van der Waals surface area (Å²) >= 11 is 0. The molecule has 3 aromatic carbocycles. The van der Waals surface area contributed by atoms with E-state index in [1.807, 2.05) is 25.1 Å². The standard InChI is InChI=1S/C24H23FN2O2/c1-16-2-11-21(24(26)28)23(22(16)17-3-7-19(25)8-4-17)18-5-9-20(10-6-18)27-12-14-29-15-13-27/h2-11H,12-15H2,1H3,(H2,26,28). The van der Waals surface area contributed by atoms with Gasteiger partial charge in [-0.15, -0.1) is 0 Å². The summed E-state index contributed by atoms with van der Waals surface area (Å²) in [7, 11) is 0. The zero-order valence-electron chi connectivity index (χ0n) is 16.3. The van der Waals surface area contributed by atoms with Crippen molar-refractivity contribution in [3.8, 4) is 22.3 Å². The summed E-state index contributed by atoms with van der Waals surface area (Å²) in [5.74, 6) is -0.783. The number of nitrogens with zero attached hydrogens (tertiary/aromatic N) is 1. The normalized spacial score (nSPS) is 14.1. The second-order valence-electron chi connectivity index (χ2n) is 7.20. The van der Waals surface area contributed by atoms with Crippen LogP contribution >= 0.6 is 0 Å². The van der Waals surface area contributed by atoms with Gasteiger partial charge in [-0.25, -0.2) is 4.39 Å². The predicted octanol–water partition coefficient (Wildman–Crippen LogP) is 4.40. The van der Waals surface area contributed by atoms with Gasteiger partial charge in [-0.2, -0.15) is 0 Å². The van der Waals surface area contributed by atoms with Gasteiger partial charge in [-0.3, -0.25) is 4.79 Å². The van der Waals surface area contributed by atoms with Crippen molar-refractivity contribution in [2.45, 2.75) is 6.92 Å². The fourth-order valence-electron chi connectivity index (χ4n) is 3.86. The first kappa shape index (κ1) is 19.2. The Morgan fingerprint density at radius 2 is 1.48 bits per heavy atom. The minimum atomic E-state index is -0.486. The van der Waals surface area contributed by atoms with Crippen molar-refractivity contribution in [2.75, 3.05) is 31.2 Å². The van der Waals surface area contributed by atoms with E-state index in [1.54, 1.807) is 18.2 Å². The summed E-state index contributed by atoms with van der Waals surface area (Å²) in [6.07, 6.45) is 0. The Morgan fingerprint density at radius 3 is 2.10 bits per heavy atom. The third kappa shape index (κ3) is 3.87. The molecular formula is C24H23FN2O2.